The summed E-state index contributed by atoms with van der Waals surface area (Å²) in [6.45, 7) is 9.64. The maximum atomic E-state index is 13.2. The highest BCUT2D eigenvalue weighted by molar-refractivity contribution is 7.89. The molecular weight excluding hydrogens is 334 g/mol. The van der Waals surface area contributed by atoms with E-state index in [2.05, 4.69) is 0 Å². The van der Waals surface area contributed by atoms with Crippen molar-refractivity contribution in [3.05, 3.63) is 63.7 Å². The quantitative estimate of drug-likeness (QED) is 0.885. The fourth-order valence-electron chi connectivity index (χ4n) is 3.13. The number of nitrogens with zero attached hydrogens (tertiary/aromatic N) is 1. The molecular formula is C20H27NO3S. The molecule has 0 aliphatic carbocycles. The minimum Gasteiger partial charge on any atom is -0.387 e. The second-order valence-electron chi connectivity index (χ2n) is 6.67. The van der Waals surface area contributed by atoms with Gasteiger partial charge in [-0.2, -0.15) is 4.31 Å². The largest absolute Gasteiger partial charge is 0.387 e. The van der Waals surface area contributed by atoms with Crippen molar-refractivity contribution in [2.24, 2.45) is 0 Å². The van der Waals surface area contributed by atoms with Gasteiger partial charge in [-0.05, 0) is 68.0 Å². The van der Waals surface area contributed by atoms with E-state index in [1.165, 1.54) is 11.4 Å². The zero-order chi connectivity index (χ0) is 18.9. The fraction of sp³-hybridized carbons (Fsp3) is 0.400. The highest BCUT2D eigenvalue weighted by atomic mass is 32.2. The van der Waals surface area contributed by atoms with Crippen molar-refractivity contribution in [2.45, 2.75) is 45.6 Å². The number of benzene rings is 2. The third-order valence-corrected chi connectivity index (χ3v) is 7.31. The predicted molar refractivity (Wildman–Crippen MR) is 101 cm³/mol. The van der Waals surface area contributed by atoms with E-state index in [4.69, 9.17) is 0 Å². The lowest BCUT2D eigenvalue weighted by atomic mass is 9.95. The van der Waals surface area contributed by atoms with Gasteiger partial charge in [0.1, 0.15) is 0 Å². The van der Waals surface area contributed by atoms with E-state index in [-0.39, 0.29) is 6.54 Å². The van der Waals surface area contributed by atoms with E-state index >= 15 is 0 Å². The van der Waals surface area contributed by atoms with Gasteiger partial charge in [0.05, 0.1) is 11.0 Å². The molecule has 0 bridgehead atoms. The van der Waals surface area contributed by atoms with E-state index < -0.39 is 16.1 Å². The first-order valence-electron chi connectivity index (χ1n) is 8.35. The summed E-state index contributed by atoms with van der Waals surface area (Å²) in [4.78, 5) is 0.357. The van der Waals surface area contributed by atoms with Crippen LogP contribution in [0, 0.1) is 34.6 Å². The maximum Gasteiger partial charge on any atom is 0.243 e. The van der Waals surface area contributed by atoms with Crippen LogP contribution in [-0.4, -0.2) is 31.4 Å². The first kappa shape index (κ1) is 19.6. The molecule has 25 heavy (non-hydrogen) atoms. The van der Waals surface area contributed by atoms with Crippen molar-refractivity contribution in [3.8, 4) is 0 Å². The molecule has 5 heteroatoms. The molecule has 0 spiro atoms. The summed E-state index contributed by atoms with van der Waals surface area (Å²) in [7, 11) is -2.17. The fourth-order valence-corrected chi connectivity index (χ4v) is 4.86. The Labute approximate surface area is 151 Å². The van der Waals surface area contributed by atoms with Crippen molar-refractivity contribution >= 4 is 10.0 Å². The molecule has 0 aromatic heterocycles. The van der Waals surface area contributed by atoms with Gasteiger partial charge >= 0.3 is 0 Å². The number of likely N-dealkylation sites (N-methyl/N-ethyl adjacent to an activating group) is 1. The monoisotopic (exact) mass is 361 g/mol. The van der Waals surface area contributed by atoms with Crippen LogP contribution < -0.4 is 0 Å². The third kappa shape index (κ3) is 3.64. The van der Waals surface area contributed by atoms with E-state index in [0.29, 0.717) is 10.5 Å². The number of aliphatic hydroxyl groups excluding tert-OH is 1. The molecule has 0 aliphatic heterocycles. The number of aliphatic hydroxyl groups is 1. The Morgan fingerprint density at radius 1 is 0.880 bits per heavy atom. The summed E-state index contributed by atoms with van der Waals surface area (Å²) in [5.74, 6) is 0. The molecule has 0 heterocycles. The van der Waals surface area contributed by atoms with Crippen LogP contribution in [0.15, 0.2) is 35.2 Å². The second-order valence-corrected chi connectivity index (χ2v) is 8.65. The van der Waals surface area contributed by atoms with Crippen LogP contribution in [0.4, 0.5) is 0 Å². The average Bonchev–Trinajstić information content (AvgIpc) is 2.58. The Kier molecular flexibility index (Phi) is 5.72. The lowest BCUT2D eigenvalue weighted by Gasteiger charge is -2.25. The molecule has 0 saturated carbocycles. The lowest BCUT2D eigenvalue weighted by molar-refractivity contribution is 0.155. The molecule has 0 amide bonds. The highest BCUT2D eigenvalue weighted by Gasteiger charge is 2.29. The molecule has 0 saturated heterocycles. The molecule has 4 nitrogen and oxygen atoms in total. The Balaban J connectivity index is 2.42. The number of sulfonamides is 1. The van der Waals surface area contributed by atoms with Crippen molar-refractivity contribution in [2.75, 3.05) is 13.6 Å². The molecule has 136 valence electrons. The van der Waals surface area contributed by atoms with Gasteiger partial charge in [-0.15, -0.1) is 0 Å². The molecule has 2 rings (SSSR count). The number of hydrogen-bond donors (Lipinski definition) is 1. The Morgan fingerprint density at radius 3 is 1.80 bits per heavy atom. The average molecular weight is 362 g/mol. The number of hydrogen-bond acceptors (Lipinski definition) is 3. The Hall–Kier alpha value is -1.69. The van der Waals surface area contributed by atoms with Crippen molar-refractivity contribution in [1.29, 1.82) is 0 Å². The van der Waals surface area contributed by atoms with Gasteiger partial charge in [0, 0.05) is 13.6 Å². The lowest BCUT2D eigenvalue weighted by Crippen LogP contribution is -2.32. The predicted octanol–water partition coefficient (Wildman–Crippen LogP) is 3.58. The molecule has 2 aromatic carbocycles. The summed E-state index contributed by atoms with van der Waals surface area (Å²) in [6.07, 6.45) is -0.866. The molecule has 2 aromatic rings. The SMILES string of the molecule is Cc1c(C)c(C)c(S(=O)(=O)N(C)CC(O)c2ccccc2)c(C)c1C. The zero-order valence-corrected chi connectivity index (χ0v) is 16.6. The number of rotatable bonds is 5. The second kappa shape index (κ2) is 7.28. The topological polar surface area (TPSA) is 57.6 Å². The summed E-state index contributed by atoms with van der Waals surface area (Å²) < 4.78 is 27.6. The minimum absolute atomic E-state index is 0.0111. The van der Waals surface area contributed by atoms with Gasteiger partial charge in [0.25, 0.3) is 0 Å². The Morgan fingerprint density at radius 2 is 1.32 bits per heavy atom. The van der Waals surface area contributed by atoms with Crippen LogP contribution >= 0.6 is 0 Å². The van der Waals surface area contributed by atoms with Crippen LogP contribution in [0.3, 0.4) is 0 Å². The minimum atomic E-state index is -3.69. The zero-order valence-electron chi connectivity index (χ0n) is 15.8. The van der Waals surface area contributed by atoms with E-state index in [0.717, 1.165) is 27.8 Å². The van der Waals surface area contributed by atoms with Crippen molar-refractivity contribution in [3.63, 3.8) is 0 Å². The first-order valence-corrected chi connectivity index (χ1v) is 9.79. The van der Waals surface area contributed by atoms with Crippen molar-refractivity contribution < 1.29 is 13.5 Å². The standard InChI is InChI=1S/C20H27NO3S/c1-13-14(2)16(4)20(17(5)15(13)3)25(23,24)21(6)12-19(22)18-10-8-7-9-11-18/h7-11,19,22H,12H2,1-6H3. The van der Waals surface area contributed by atoms with E-state index in [9.17, 15) is 13.5 Å². The summed E-state index contributed by atoms with van der Waals surface area (Å²) in [5.41, 5.74) is 5.39. The molecule has 0 aliphatic rings. The van der Waals surface area contributed by atoms with Crippen LogP contribution in [0.5, 0.6) is 0 Å². The molecule has 1 N–H and O–H groups in total. The van der Waals surface area contributed by atoms with E-state index in [1.54, 1.807) is 12.1 Å². The molecule has 0 fully saturated rings. The van der Waals surface area contributed by atoms with Gasteiger partial charge in [-0.25, -0.2) is 8.42 Å². The van der Waals surface area contributed by atoms with Crippen LogP contribution in [-0.2, 0) is 10.0 Å². The summed E-state index contributed by atoms with van der Waals surface area (Å²) in [5, 5.41) is 10.4. The third-order valence-electron chi connectivity index (χ3n) is 5.21. The van der Waals surface area contributed by atoms with Gasteiger partial charge in [-0.3, -0.25) is 0 Å². The summed E-state index contributed by atoms with van der Waals surface area (Å²) in [6, 6.07) is 9.10. The molecule has 0 radical (unpaired) electrons. The van der Waals surface area contributed by atoms with Gasteiger partial charge in [0.15, 0.2) is 0 Å². The first-order chi connectivity index (χ1) is 11.6. The van der Waals surface area contributed by atoms with Crippen LogP contribution in [0.25, 0.3) is 0 Å². The normalized spacial score (nSPS) is 13.3. The van der Waals surface area contributed by atoms with Crippen LogP contribution in [0.2, 0.25) is 0 Å². The smallest absolute Gasteiger partial charge is 0.243 e. The molecule has 1 atom stereocenters. The van der Waals surface area contributed by atoms with Crippen molar-refractivity contribution in [1.82, 2.24) is 4.31 Å². The Bertz CT molecular complexity index is 845. The molecule has 1 unspecified atom stereocenters. The maximum absolute atomic E-state index is 13.2. The summed E-state index contributed by atoms with van der Waals surface area (Å²) >= 11 is 0. The van der Waals surface area contributed by atoms with Gasteiger partial charge in [0.2, 0.25) is 10.0 Å². The van der Waals surface area contributed by atoms with Gasteiger partial charge < -0.3 is 5.11 Å². The highest BCUT2D eigenvalue weighted by Crippen LogP contribution is 2.31. The van der Waals surface area contributed by atoms with Gasteiger partial charge in [-0.1, -0.05) is 30.3 Å². The van der Waals surface area contributed by atoms with E-state index in [1.807, 2.05) is 52.8 Å². The van der Waals surface area contributed by atoms with Crippen LogP contribution in [0.1, 0.15) is 39.5 Å².